The average molecular weight is 299 g/mol. The van der Waals surface area contributed by atoms with Gasteiger partial charge in [0, 0.05) is 12.4 Å². The van der Waals surface area contributed by atoms with Gasteiger partial charge < -0.3 is 10.1 Å². The Morgan fingerprint density at radius 3 is 2.68 bits per heavy atom. The van der Waals surface area contributed by atoms with Gasteiger partial charge in [-0.05, 0) is 11.5 Å². The zero-order valence-corrected chi connectivity index (χ0v) is 12.9. The van der Waals surface area contributed by atoms with Crippen molar-refractivity contribution in [2.75, 3.05) is 0 Å². The summed E-state index contributed by atoms with van der Waals surface area (Å²) in [6.45, 7) is 4.39. The second kappa shape index (κ2) is 8.12. The molecular weight excluding hydrogens is 278 g/mol. The lowest BCUT2D eigenvalue weighted by molar-refractivity contribution is 0.131. The molecule has 0 bridgehead atoms. The molecule has 2 rings (SSSR count). The molecule has 0 spiro atoms. The molecule has 1 heterocycles. The number of amides is 1. The normalized spacial score (nSPS) is 13.2. The maximum Gasteiger partial charge on any atom is 0.408 e. The number of hydrogen-bond donors (Lipinski definition) is 1. The predicted octanol–water partition coefficient (Wildman–Crippen LogP) is 3.49. The van der Waals surface area contributed by atoms with Gasteiger partial charge in [0.25, 0.3) is 0 Å². The summed E-state index contributed by atoms with van der Waals surface area (Å²) in [6.07, 6.45) is 5.39. The minimum atomic E-state index is -0.445. The quantitative estimate of drug-likeness (QED) is 0.886. The molecule has 0 aliphatic carbocycles. The molecule has 1 amide bonds. The summed E-state index contributed by atoms with van der Waals surface area (Å²) in [4.78, 5) is 20.4. The number of rotatable bonds is 6. The maximum absolute atomic E-state index is 12.0. The van der Waals surface area contributed by atoms with Crippen LogP contribution in [0.15, 0.2) is 48.9 Å². The smallest absolute Gasteiger partial charge is 0.408 e. The van der Waals surface area contributed by atoms with Crippen molar-refractivity contribution in [3.8, 4) is 0 Å². The van der Waals surface area contributed by atoms with Gasteiger partial charge in [-0.25, -0.2) is 4.79 Å². The van der Waals surface area contributed by atoms with Gasteiger partial charge in [-0.3, -0.25) is 9.97 Å². The van der Waals surface area contributed by atoms with Gasteiger partial charge >= 0.3 is 6.09 Å². The Morgan fingerprint density at radius 1 is 1.27 bits per heavy atom. The fourth-order valence-corrected chi connectivity index (χ4v) is 2.11. The Labute approximate surface area is 130 Å². The maximum atomic E-state index is 12.0. The van der Waals surface area contributed by atoms with Crippen LogP contribution in [0.25, 0.3) is 0 Å². The number of carbonyl (C=O) groups is 1. The van der Waals surface area contributed by atoms with Crippen LogP contribution < -0.4 is 5.32 Å². The predicted molar refractivity (Wildman–Crippen MR) is 84.0 cm³/mol. The molecule has 1 N–H and O–H groups in total. The average Bonchev–Trinajstić information content (AvgIpc) is 2.59. The molecule has 0 aliphatic heterocycles. The van der Waals surface area contributed by atoms with Crippen molar-refractivity contribution in [1.82, 2.24) is 15.3 Å². The van der Waals surface area contributed by atoms with Crippen molar-refractivity contribution in [3.63, 3.8) is 0 Å². The summed E-state index contributed by atoms with van der Waals surface area (Å²) in [7, 11) is 0. The Kier molecular flexibility index (Phi) is 5.89. The van der Waals surface area contributed by atoms with Gasteiger partial charge in [0.1, 0.15) is 6.61 Å². The lowest BCUT2D eigenvalue weighted by Crippen LogP contribution is -2.33. The summed E-state index contributed by atoms with van der Waals surface area (Å²) in [5.74, 6) is 0.237. The van der Waals surface area contributed by atoms with Gasteiger partial charge in [0.05, 0.1) is 17.9 Å². The van der Waals surface area contributed by atoms with Crippen LogP contribution in [-0.2, 0) is 11.3 Å². The topological polar surface area (TPSA) is 64.1 Å². The number of nitrogens with one attached hydrogen (secondary N) is 1. The van der Waals surface area contributed by atoms with E-state index in [0.29, 0.717) is 0 Å². The van der Waals surface area contributed by atoms with Crippen molar-refractivity contribution >= 4 is 6.09 Å². The largest absolute Gasteiger partial charge is 0.445 e. The van der Waals surface area contributed by atoms with Crippen LogP contribution >= 0.6 is 0 Å². The van der Waals surface area contributed by atoms with E-state index in [0.717, 1.165) is 17.7 Å². The first kappa shape index (κ1) is 15.9. The molecule has 0 aliphatic rings. The molecule has 2 aromatic rings. The molecule has 0 fully saturated rings. The molecule has 0 radical (unpaired) electrons. The summed E-state index contributed by atoms with van der Waals surface area (Å²) >= 11 is 0. The molecule has 0 saturated heterocycles. The number of alkyl carbamates (subject to hydrolysis) is 1. The number of carbonyl (C=O) groups excluding carboxylic acids is 1. The molecular formula is C17H21N3O2. The van der Waals surface area contributed by atoms with E-state index in [4.69, 9.17) is 4.74 Å². The van der Waals surface area contributed by atoms with Crippen molar-refractivity contribution < 1.29 is 9.53 Å². The van der Waals surface area contributed by atoms with E-state index in [2.05, 4.69) is 29.1 Å². The van der Waals surface area contributed by atoms with Gasteiger partial charge in [-0.15, -0.1) is 0 Å². The molecule has 1 aromatic carbocycles. The molecule has 22 heavy (non-hydrogen) atoms. The highest BCUT2D eigenvalue weighted by Crippen LogP contribution is 2.22. The summed E-state index contributed by atoms with van der Waals surface area (Å²) in [6, 6.07) is 9.39. The van der Waals surface area contributed by atoms with Crippen molar-refractivity contribution in [2.45, 2.75) is 32.9 Å². The van der Waals surface area contributed by atoms with E-state index in [9.17, 15) is 4.79 Å². The Morgan fingerprint density at radius 2 is 2.05 bits per heavy atom. The minimum Gasteiger partial charge on any atom is -0.445 e. The summed E-state index contributed by atoms with van der Waals surface area (Å²) in [5.41, 5.74) is 1.70. The van der Waals surface area contributed by atoms with E-state index in [1.165, 1.54) is 0 Å². The number of aromatic nitrogens is 2. The number of ether oxygens (including phenoxy) is 1. The Bertz CT molecular complexity index is 575. The molecule has 0 unspecified atom stereocenters. The molecule has 1 aromatic heterocycles. The Balaban J connectivity index is 1.96. The summed E-state index contributed by atoms with van der Waals surface area (Å²) in [5, 5.41) is 2.89. The van der Waals surface area contributed by atoms with Crippen LogP contribution in [0.2, 0.25) is 0 Å². The lowest BCUT2D eigenvalue weighted by Gasteiger charge is -2.23. The van der Waals surface area contributed by atoms with Gasteiger partial charge in [0.2, 0.25) is 0 Å². The zero-order chi connectivity index (χ0) is 15.8. The second-order valence-electron chi connectivity index (χ2n) is 5.20. The number of nitrogens with zero attached hydrogens (tertiary/aromatic N) is 2. The highest BCUT2D eigenvalue weighted by atomic mass is 16.5. The van der Waals surface area contributed by atoms with Crippen LogP contribution in [-0.4, -0.2) is 16.1 Å². The van der Waals surface area contributed by atoms with Crippen LogP contribution in [0.1, 0.15) is 37.6 Å². The first-order valence-electron chi connectivity index (χ1n) is 7.43. The third-order valence-electron chi connectivity index (χ3n) is 3.60. The van der Waals surface area contributed by atoms with Crippen molar-refractivity contribution in [1.29, 1.82) is 0 Å². The van der Waals surface area contributed by atoms with E-state index >= 15 is 0 Å². The Hall–Kier alpha value is -2.43. The van der Waals surface area contributed by atoms with Crippen LogP contribution in [0.3, 0.4) is 0 Å². The van der Waals surface area contributed by atoms with E-state index in [1.807, 2.05) is 30.3 Å². The van der Waals surface area contributed by atoms with Crippen molar-refractivity contribution in [3.05, 3.63) is 60.2 Å². The van der Waals surface area contributed by atoms with Gasteiger partial charge in [-0.1, -0.05) is 50.6 Å². The van der Waals surface area contributed by atoms with Crippen LogP contribution in [0.4, 0.5) is 4.79 Å². The highest BCUT2D eigenvalue weighted by Gasteiger charge is 2.22. The van der Waals surface area contributed by atoms with Gasteiger partial charge in [-0.2, -0.15) is 0 Å². The van der Waals surface area contributed by atoms with Crippen LogP contribution in [0.5, 0.6) is 0 Å². The molecule has 5 nitrogen and oxygen atoms in total. The second-order valence-corrected chi connectivity index (χ2v) is 5.20. The van der Waals surface area contributed by atoms with Crippen molar-refractivity contribution in [2.24, 2.45) is 5.92 Å². The molecule has 2 atom stereocenters. The highest BCUT2D eigenvalue weighted by molar-refractivity contribution is 5.67. The monoisotopic (exact) mass is 299 g/mol. The first-order valence-corrected chi connectivity index (χ1v) is 7.43. The number of benzene rings is 1. The van der Waals surface area contributed by atoms with Gasteiger partial charge in [0.15, 0.2) is 0 Å². The third-order valence-corrected chi connectivity index (χ3v) is 3.60. The first-order chi connectivity index (χ1) is 10.7. The van der Waals surface area contributed by atoms with E-state index in [1.54, 1.807) is 18.6 Å². The fourth-order valence-electron chi connectivity index (χ4n) is 2.11. The number of hydrogen-bond acceptors (Lipinski definition) is 4. The fraction of sp³-hybridized carbons (Fsp3) is 0.353. The minimum absolute atomic E-state index is 0.207. The molecule has 0 saturated carbocycles. The van der Waals surface area contributed by atoms with E-state index in [-0.39, 0.29) is 18.6 Å². The van der Waals surface area contributed by atoms with Crippen LogP contribution in [0, 0.1) is 5.92 Å². The zero-order valence-electron chi connectivity index (χ0n) is 12.9. The standard InChI is InChI=1S/C17H21N3O2/c1-3-13(2)16(15-11-18-9-10-19-15)20-17(21)22-12-14-7-5-4-6-8-14/h4-11,13,16H,3,12H2,1-2H3,(H,20,21)/t13-,16-/m0/s1. The SMILES string of the molecule is CC[C@H](C)[C@H](NC(=O)OCc1ccccc1)c1cnccn1. The lowest BCUT2D eigenvalue weighted by atomic mass is 9.97. The summed E-state index contributed by atoms with van der Waals surface area (Å²) < 4.78 is 5.28. The third kappa shape index (κ3) is 4.55. The molecule has 5 heteroatoms. The molecule has 116 valence electrons. The van der Waals surface area contributed by atoms with E-state index < -0.39 is 6.09 Å².